The van der Waals surface area contributed by atoms with Crippen molar-refractivity contribution >= 4 is 8.32 Å². The maximum absolute atomic E-state index is 12.1. The number of ether oxygens (including phenoxy) is 1. The number of H-pyrrole nitrogens is 1. The van der Waals surface area contributed by atoms with Crippen molar-refractivity contribution in [3.63, 3.8) is 0 Å². The van der Waals surface area contributed by atoms with Gasteiger partial charge in [0.15, 0.2) is 8.32 Å². The van der Waals surface area contributed by atoms with Crippen molar-refractivity contribution in [1.29, 1.82) is 0 Å². The van der Waals surface area contributed by atoms with Crippen LogP contribution in [0.1, 0.15) is 39.0 Å². The Kier molecular flexibility index (Phi) is 5.81. The normalized spacial score (nSPS) is 23.7. The lowest BCUT2D eigenvalue weighted by molar-refractivity contribution is -0.0246. The fourth-order valence-corrected chi connectivity index (χ4v) is 3.54. The van der Waals surface area contributed by atoms with Crippen molar-refractivity contribution in [3.8, 4) is 0 Å². The van der Waals surface area contributed by atoms with E-state index in [2.05, 4.69) is 48.9 Å². The van der Waals surface area contributed by atoms with E-state index in [-0.39, 0.29) is 5.04 Å². The van der Waals surface area contributed by atoms with Crippen LogP contribution in [0.15, 0.2) is 20.9 Å². The molecule has 2 heterocycles. The van der Waals surface area contributed by atoms with Gasteiger partial charge in [0.2, 0.25) is 0 Å². The average molecular weight is 382 g/mol. The zero-order valence-corrected chi connectivity index (χ0v) is 17.1. The highest BCUT2D eigenvalue weighted by molar-refractivity contribution is 6.74. The minimum Gasteiger partial charge on any atom is -0.414 e. The lowest BCUT2D eigenvalue weighted by Gasteiger charge is -2.37. The first-order valence-electron chi connectivity index (χ1n) is 8.62. The van der Waals surface area contributed by atoms with E-state index in [9.17, 15) is 9.59 Å². The Bertz CT molecular complexity index is 819. The van der Waals surface area contributed by atoms with Crippen molar-refractivity contribution in [2.45, 2.75) is 70.6 Å². The fraction of sp³-hybridized carbons (Fsp3) is 0.750. The van der Waals surface area contributed by atoms with Crippen molar-refractivity contribution < 1.29 is 9.16 Å². The summed E-state index contributed by atoms with van der Waals surface area (Å²) in [6.45, 7) is 12.6. The molecule has 1 aromatic rings. The molecule has 26 heavy (non-hydrogen) atoms. The van der Waals surface area contributed by atoms with Crippen molar-refractivity contribution in [2.24, 2.45) is 5.11 Å². The van der Waals surface area contributed by atoms with E-state index in [0.29, 0.717) is 18.6 Å². The van der Waals surface area contributed by atoms with Gasteiger partial charge in [0.25, 0.3) is 5.56 Å². The number of nitrogens with one attached hydrogen (secondary N) is 1. The third-order valence-corrected chi connectivity index (χ3v) is 9.78. The van der Waals surface area contributed by atoms with Gasteiger partial charge in [-0.15, -0.1) is 0 Å². The summed E-state index contributed by atoms with van der Waals surface area (Å²) in [5.74, 6) is 0. The SMILES string of the molecule is Cc1cn([C@@H]2C[C@H](N=[N+]=[N-])[C@@H](CO[Si](C)(C)C(C)(C)C)O2)c(=O)[nH]c1=O. The molecule has 0 spiro atoms. The summed E-state index contributed by atoms with van der Waals surface area (Å²) in [7, 11) is -1.98. The van der Waals surface area contributed by atoms with Gasteiger partial charge in [0.1, 0.15) is 6.23 Å². The van der Waals surface area contributed by atoms with Crippen LogP contribution in [-0.4, -0.2) is 36.6 Å². The lowest BCUT2D eigenvalue weighted by atomic mass is 10.1. The largest absolute Gasteiger partial charge is 0.414 e. The highest BCUT2D eigenvalue weighted by atomic mass is 28.4. The molecule has 1 aliphatic rings. The first-order chi connectivity index (χ1) is 12.0. The highest BCUT2D eigenvalue weighted by Crippen LogP contribution is 2.38. The number of hydrogen-bond donors (Lipinski definition) is 1. The molecule has 10 heteroatoms. The third-order valence-electron chi connectivity index (χ3n) is 5.27. The molecule has 1 fully saturated rings. The number of nitrogens with zero attached hydrogens (tertiary/aromatic N) is 4. The van der Waals surface area contributed by atoms with Gasteiger partial charge in [-0.1, -0.05) is 25.9 Å². The van der Waals surface area contributed by atoms with Gasteiger partial charge in [-0.2, -0.15) is 0 Å². The molecule has 0 amide bonds. The van der Waals surface area contributed by atoms with Crippen LogP contribution in [0.4, 0.5) is 0 Å². The predicted octanol–water partition coefficient (Wildman–Crippen LogP) is 2.83. The van der Waals surface area contributed by atoms with Crippen LogP contribution >= 0.6 is 0 Å². The van der Waals surface area contributed by atoms with Crippen molar-refractivity contribution in [2.75, 3.05) is 6.61 Å². The van der Waals surface area contributed by atoms with Crippen LogP contribution in [0.5, 0.6) is 0 Å². The standard InChI is InChI=1S/C16H27N5O4Si/c1-10-8-21(15(23)18-14(10)22)13-7-11(19-20-17)12(25-13)9-24-26(5,6)16(2,3)4/h8,11-13H,7,9H2,1-6H3,(H,18,22,23)/t11-,12+,13-/m0/s1. The Hall–Kier alpha value is -1.87. The van der Waals surface area contributed by atoms with Gasteiger partial charge >= 0.3 is 5.69 Å². The fourth-order valence-electron chi connectivity index (χ4n) is 2.53. The van der Waals surface area contributed by atoms with Gasteiger partial charge < -0.3 is 9.16 Å². The van der Waals surface area contributed by atoms with Crippen LogP contribution < -0.4 is 11.2 Å². The average Bonchev–Trinajstić information content (AvgIpc) is 2.91. The maximum Gasteiger partial charge on any atom is 0.330 e. The van der Waals surface area contributed by atoms with Gasteiger partial charge in [0.05, 0.1) is 18.8 Å². The molecule has 3 atom stereocenters. The van der Waals surface area contributed by atoms with E-state index in [1.165, 1.54) is 10.8 Å². The van der Waals surface area contributed by atoms with E-state index >= 15 is 0 Å². The quantitative estimate of drug-likeness (QED) is 0.364. The monoisotopic (exact) mass is 381 g/mol. The Morgan fingerprint density at radius 3 is 2.69 bits per heavy atom. The number of aryl methyl sites for hydroxylation is 1. The summed E-state index contributed by atoms with van der Waals surface area (Å²) in [6.07, 6.45) is 0.766. The van der Waals surface area contributed by atoms with E-state index in [1.807, 2.05) is 0 Å². The molecule has 0 saturated carbocycles. The topological polar surface area (TPSA) is 122 Å². The lowest BCUT2D eigenvalue weighted by Crippen LogP contribution is -2.43. The van der Waals surface area contributed by atoms with E-state index < -0.39 is 37.9 Å². The molecule has 1 N–H and O–H groups in total. The summed E-state index contributed by atoms with van der Waals surface area (Å²) < 4.78 is 13.5. The molecule has 0 aromatic carbocycles. The van der Waals surface area contributed by atoms with Gasteiger partial charge in [-0.25, -0.2) is 4.79 Å². The molecule has 0 aliphatic carbocycles. The summed E-state index contributed by atoms with van der Waals surface area (Å²) in [6, 6.07) is -0.436. The van der Waals surface area contributed by atoms with E-state index in [1.54, 1.807) is 6.92 Å². The van der Waals surface area contributed by atoms with Crippen molar-refractivity contribution in [1.82, 2.24) is 9.55 Å². The second-order valence-electron chi connectivity index (χ2n) is 8.19. The van der Waals surface area contributed by atoms with Crippen LogP contribution in [0.2, 0.25) is 18.1 Å². The summed E-state index contributed by atoms with van der Waals surface area (Å²) in [5, 5.41) is 3.86. The second kappa shape index (κ2) is 7.40. The first-order valence-corrected chi connectivity index (χ1v) is 11.5. The van der Waals surface area contributed by atoms with Crippen LogP contribution in [-0.2, 0) is 9.16 Å². The molecule has 0 radical (unpaired) electrons. The summed E-state index contributed by atoms with van der Waals surface area (Å²) in [5.41, 5.74) is 8.29. The van der Waals surface area contributed by atoms with Gasteiger partial charge in [0, 0.05) is 23.1 Å². The first kappa shape index (κ1) is 20.4. The number of aromatic nitrogens is 2. The predicted molar refractivity (Wildman–Crippen MR) is 101 cm³/mol. The molecule has 1 aliphatic heterocycles. The third kappa shape index (κ3) is 4.26. The molecular weight excluding hydrogens is 354 g/mol. The summed E-state index contributed by atoms with van der Waals surface area (Å²) >= 11 is 0. The molecule has 1 saturated heterocycles. The molecule has 0 unspecified atom stereocenters. The second-order valence-corrected chi connectivity index (χ2v) is 13.0. The molecular formula is C16H27N5O4Si. The zero-order valence-electron chi connectivity index (χ0n) is 16.1. The Morgan fingerprint density at radius 1 is 1.46 bits per heavy atom. The number of azide groups is 1. The molecule has 9 nitrogen and oxygen atoms in total. The Balaban J connectivity index is 2.21. The van der Waals surface area contributed by atoms with Gasteiger partial charge in [-0.05, 0) is 30.6 Å². The smallest absolute Gasteiger partial charge is 0.330 e. The Morgan fingerprint density at radius 2 is 2.12 bits per heavy atom. The highest BCUT2D eigenvalue weighted by Gasteiger charge is 2.41. The number of aromatic amines is 1. The van der Waals surface area contributed by atoms with E-state index in [4.69, 9.17) is 14.7 Å². The number of hydrogen-bond acceptors (Lipinski definition) is 5. The zero-order chi connectivity index (χ0) is 19.7. The number of rotatable bonds is 5. The maximum atomic E-state index is 12.1. The van der Waals surface area contributed by atoms with Crippen LogP contribution in [0.25, 0.3) is 10.4 Å². The van der Waals surface area contributed by atoms with Gasteiger partial charge in [-0.3, -0.25) is 14.3 Å². The molecule has 144 valence electrons. The molecule has 0 bridgehead atoms. The minimum absolute atomic E-state index is 0.0476. The van der Waals surface area contributed by atoms with Crippen LogP contribution in [0.3, 0.4) is 0 Å². The minimum atomic E-state index is -1.98. The molecule has 1 aromatic heterocycles. The van der Waals surface area contributed by atoms with E-state index in [0.717, 1.165) is 0 Å². The van der Waals surface area contributed by atoms with Crippen molar-refractivity contribution in [3.05, 3.63) is 43.0 Å². The summed E-state index contributed by atoms with van der Waals surface area (Å²) in [4.78, 5) is 28.8. The molecule has 2 rings (SSSR count). The van der Waals surface area contributed by atoms with Crippen LogP contribution in [0, 0.1) is 6.92 Å². The Labute approximate surface area is 153 Å².